The molecule has 1 rings (SSSR count). The van der Waals surface area contributed by atoms with E-state index in [0.717, 1.165) is 44.8 Å². The summed E-state index contributed by atoms with van der Waals surface area (Å²) in [6.45, 7) is 11.4. The number of nitrogens with one attached hydrogen (secondary N) is 1. The molecule has 0 aromatic carbocycles. The summed E-state index contributed by atoms with van der Waals surface area (Å²) < 4.78 is 8.00. The third kappa shape index (κ3) is 6.21. The van der Waals surface area contributed by atoms with Crippen LogP contribution in [0.15, 0.2) is 12.4 Å². The topological polar surface area (TPSA) is 39.1 Å². The van der Waals surface area contributed by atoms with Gasteiger partial charge in [-0.25, -0.2) is 4.98 Å². The first-order valence-corrected chi connectivity index (χ1v) is 7.52. The second kappa shape index (κ2) is 9.10. The van der Waals surface area contributed by atoms with Gasteiger partial charge in [-0.15, -0.1) is 0 Å². The third-order valence-electron chi connectivity index (χ3n) is 3.01. The van der Waals surface area contributed by atoms with E-state index in [-0.39, 0.29) is 6.10 Å². The Morgan fingerprint density at radius 3 is 2.74 bits per heavy atom. The minimum atomic E-state index is 0.279. The van der Waals surface area contributed by atoms with E-state index >= 15 is 0 Å². The van der Waals surface area contributed by atoms with Crippen molar-refractivity contribution < 1.29 is 4.74 Å². The summed E-state index contributed by atoms with van der Waals surface area (Å²) in [6, 6.07) is 0.348. The number of ether oxygens (including phenoxy) is 1. The highest BCUT2D eigenvalue weighted by atomic mass is 16.5. The van der Waals surface area contributed by atoms with Crippen LogP contribution in [0.3, 0.4) is 0 Å². The summed E-state index contributed by atoms with van der Waals surface area (Å²) in [6.07, 6.45) is 7.45. The van der Waals surface area contributed by atoms with Crippen molar-refractivity contribution in [1.82, 2.24) is 14.9 Å². The van der Waals surface area contributed by atoms with Gasteiger partial charge in [-0.2, -0.15) is 0 Å². The predicted octanol–water partition coefficient (Wildman–Crippen LogP) is 2.63. The fourth-order valence-electron chi connectivity index (χ4n) is 2.04. The molecule has 19 heavy (non-hydrogen) atoms. The quantitative estimate of drug-likeness (QED) is 0.708. The molecule has 0 aliphatic rings. The van der Waals surface area contributed by atoms with Crippen molar-refractivity contribution in [3.63, 3.8) is 0 Å². The number of hydrogen-bond acceptors (Lipinski definition) is 3. The Morgan fingerprint density at radius 2 is 2.11 bits per heavy atom. The average Bonchev–Trinajstić information content (AvgIpc) is 2.80. The zero-order valence-electron chi connectivity index (χ0n) is 12.9. The van der Waals surface area contributed by atoms with Crippen LogP contribution in [0.5, 0.6) is 0 Å². The molecule has 110 valence electrons. The van der Waals surface area contributed by atoms with Crippen LogP contribution in [0.2, 0.25) is 0 Å². The fraction of sp³-hybridized carbons (Fsp3) is 0.800. The Kier molecular flexibility index (Phi) is 7.75. The van der Waals surface area contributed by atoms with E-state index in [0.29, 0.717) is 6.04 Å². The molecule has 0 amide bonds. The molecular weight excluding hydrogens is 238 g/mol. The summed E-state index contributed by atoms with van der Waals surface area (Å²) in [5.74, 6) is 1.16. The van der Waals surface area contributed by atoms with E-state index in [2.05, 4.69) is 48.8 Å². The van der Waals surface area contributed by atoms with Gasteiger partial charge in [-0.1, -0.05) is 13.8 Å². The zero-order valence-corrected chi connectivity index (χ0v) is 12.9. The lowest BCUT2D eigenvalue weighted by Gasteiger charge is -2.20. The fourth-order valence-corrected chi connectivity index (χ4v) is 2.04. The van der Waals surface area contributed by atoms with Crippen LogP contribution in [0.4, 0.5) is 0 Å². The van der Waals surface area contributed by atoms with Gasteiger partial charge in [-0.3, -0.25) is 0 Å². The standard InChI is InChI=1S/C15H29N3O/c1-5-7-16-14(12-19-13(3)4)11-15-17-8-10-18(15)9-6-2/h8,10,13-14,16H,5-7,9,11-12H2,1-4H3. The van der Waals surface area contributed by atoms with Gasteiger partial charge >= 0.3 is 0 Å². The number of imidazole rings is 1. The van der Waals surface area contributed by atoms with Crippen molar-refractivity contribution in [2.24, 2.45) is 0 Å². The second-order valence-electron chi connectivity index (χ2n) is 5.27. The number of aromatic nitrogens is 2. The van der Waals surface area contributed by atoms with Crippen molar-refractivity contribution >= 4 is 0 Å². The highest BCUT2D eigenvalue weighted by Crippen LogP contribution is 2.05. The molecule has 0 aliphatic carbocycles. The zero-order chi connectivity index (χ0) is 14.1. The SMILES string of the molecule is CCCNC(COC(C)C)Cc1nccn1CCC. The summed E-state index contributed by atoms with van der Waals surface area (Å²) >= 11 is 0. The van der Waals surface area contributed by atoms with Gasteiger partial charge in [0.05, 0.1) is 12.7 Å². The maximum absolute atomic E-state index is 5.75. The Labute approximate surface area is 117 Å². The second-order valence-corrected chi connectivity index (χ2v) is 5.27. The average molecular weight is 267 g/mol. The molecule has 1 unspecified atom stereocenters. The van der Waals surface area contributed by atoms with Crippen LogP contribution >= 0.6 is 0 Å². The van der Waals surface area contributed by atoms with E-state index in [1.54, 1.807) is 0 Å². The smallest absolute Gasteiger partial charge is 0.110 e. The van der Waals surface area contributed by atoms with E-state index in [1.165, 1.54) is 0 Å². The number of rotatable bonds is 10. The minimum Gasteiger partial charge on any atom is -0.377 e. The van der Waals surface area contributed by atoms with Crippen LogP contribution in [0.1, 0.15) is 46.4 Å². The largest absolute Gasteiger partial charge is 0.377 e. The monoisotopic (exact) mass is 267 g/mol. The Bertz CT molecular complexity index is 336. The molecule has 0 saturated carbocycles. The molecule has 0 bridgehead atoms. The number of hydrogen-bond donors (Lipinski definition) is 1. The molecule has 0 aliphatic heterocycles. The summed E-state index contributed by atoms with van der Waals surface area (Å²) in [5.41, 5.74) is 0. The Morgan fingerprint density at radius 1 is 1.32 bits per heavy atom. The summed E-state index contributed by atoms with van der Waals surface area (Å²) in [5, 5.41) is 3.55. The molecule has 4 nitrogen and oxygen atoms in total. The van der Waals surface area contributed by atoms with Crippen LogP contribution < -0.4 is 5.32 Å². The van der Waals surface area contributed by atoms with Crippen LogP contribution in [-0.4, -0.2) is 34.8 Å². The first-order valence-electron chi connectivity index (χ1n) is 7.52. The first kappa shape index (κ1) is 16.2. The molecule has 1 aromatic rings. The molecule has 1 heterocycles. The van der Waals surface area contributed by atoms with Gasteiger partial charge in [0.15, 0.2) is 0 Å². The molecule has 1 N–H and O–H groups in total. The first-order chi connectivity index (χ1) is 9.17. The summed E-state index contributed by atoms with van der Waals surface area (Å²) in [7, 11) is 0. The lowest BCUT2D eigenvalue weighted by atomic mass is 10.2. The lowest BCUT2D eigenvalue weighted by molar-refractivity contribution is 0.0607. The number of aryl methyl sites for hydroxylation is 1. The molecule has 4 heteroatoms. The molecule has 1 aromatic heterocycles. The van der Waals surface area contributed by atoms with Crippen LogP contribution in [0.25, 0.3) is 0 Å². The maximum atomic E-state index is 5.75. The van der Waals surface area contributed by atoms with E-state index in [9.17, 15) is 0 Å². The van der Waals surface area contributed by atoms with Crippen molar-refractivity contribution in [3.05, 3.63) is 18.2 Å². The van der Waals surface area contributed by atoms with Crippen LogP contribution in [-0.2, 0) is 17.7 Å². The molecule has 1 atom stereocenters. The van der Waals surface area contributed by atoms with Crippen LogP contribution in [0, 0.1) is 0 Å². The van der Waals surface area contributed by atoms with Gasteiger partial charge in [0.25, 0.3) is 0 Å². The van der Waals surface area contributed by atoms with Gasteiger partial charge in [0.2, 0.25) is 0 Å². The van der Waals surface area contributed by atoms with Gasteiger partial charge in [-0.05, 0) is 33.2 Å². The van der Waals surface area contributed by atoms with E-state index < -0.39 is 0 Å². The molecule has 0 fully saturated rings. The highest BCUT2D eigenvalue weighted by Gasteiger charge is 2.13. The van der Waals surface area contributed by atoms with Gasteiger partial charge in [0, 0.05) is 31.4 Å². The molecule has 0 saturated heterocycles. The summed E-state index contributed by atoms with van der Waals surface area (Å²) in [4.78, 5) is 4.48. The Balaban J connectivity index is 2.56. The van der Waals surface area contributed by atoms with Crippen molar-refractivity contribution in [2.45, 2.75) is 65.6 Å². The van der Waals surface area contributed by atoms with Crippen molar-refractivity contribution in [1.29, 1.82) is 0 Å². The van der Waals surface area contributed by atoms with Gasteiger partial charge in [0.1, 0.15) is 5.82 Å². The van der Waals surface area contributed by atoms with Crippen molar-refractivity contribution in [3.8, 4) is 0 Å². The van der Waals surface area contributed by atoms with Crippen molar-refractivity contribution in [2.75, 3.05) is 13.2 Å². The molecule has 0 radical (unpaired) electrons. The van der Waals surface area contributed by atoms with Gasteiger partial charge < -0.3 is 14.6 Å². The minimum absolute atomic E-state index is 0.279. The number of nitrogens with zero attached hydrogens (tertiary/aromatic N) is 2. The van der Waals surface area contributed by atoms with E-state index in [4.69, 9.17) is 4.74 Å². The molecule has 0 spiro atoms. The predicted molar refractivity (Wildman–Crippen MR) is 79.4 cm³/mol. The highest BCUT2D eigenvalue weighted by molar-refractivity contribution is 4.95. The molecular formula is C15H29N3O. The van der Waals surface area contributed by atoms with E-state index in [1.807, 2.05) is 6.20 Å². The lowest BCUT2D eigenvalue weighted by Crippen LogP contribution is -2.37. The maximum Gasteiger partial charge on any atom is 0.110 e. The normalized spacial score (nSPS) is 13.1. The Hall–Kier alpha value is -0.870. The third-order valence-corrected chi connectivity index (χ3v) is 3.01.